The van der Waals surface area contributed by atoms with Crippen molar-refractivity contribution in [2.45, 2.75) is 6.61 Å². The van der Waals surface area contributed by atoms with Gasteiger partial charge in [-0.25, -0.2) is 13.9 Å². The van der Waals surface area contributed by atoms with E-state index in [0.717, 1.165) is 5.56 Å². The molecule has 1 amide bonds. The molecule has 7 heteroatoms. The molecule has 0 aliphatic heterocycles. The number of nitrogens with one attached hydrogen (secondary N) is 1. The average Bonchev–Trinajstić information content (AvgIpc) is 3.09. The molecule has 124 valence electrons. The minimum Gasteiger partial charge on any atom is -0.444 e. The molecule has 0 saturated carbocycles. The van der Waals surface area contributed by atoms with Gasteiger partial charge in [-0.3, -0.25) is 5.32 Å². The van der Waals surface area contributed by atoms with Crippen LogP contribution in [0.25, 0.3) is 5.69 Å². The van der Waals surface area contributed by atoms with Gasteiger partial charge in [0.15, 0.2) is 5.82 Å². The van der Waals surface area contributed by atoms with Gasteiger partial charge < -0.3 is 4.74 Å². The fourth-order valence-corrected chi connectivity index (χ4v) is 2.20. The molecule has 3 rings (SSSR count). The maximum absolute atomic E-state index is 13.7. The number of nitriles is 1. The van der Waals surface area contributed by atoms with Crippen LogP contribution < -0.4 is 5.32 Å². The smallest absolute Gasteiger partial charge is 0.413 e. The van der Waals surface area contributed by atoms with E-state index in [1.807, 2.05) is 30.3 Å². The summed E-state index contributed by atoms with van der Waals surface area (Å²) in [5.41, 5.74) is 1.03. The van der Waals surface area contributed by atoms with Crippen LogP contribution in [0.15, 0.2) is 60.8 Å². The van der Waals surface area contributed by atoms with Gasteiger partial charge in [0.25, 0.3) is 0 Å². The third kappa shape index (κ3) is 3.82. The number of halogens is 1. The molecule has 0 unspecified atom stereocenters. The highest BCUT2D eigenvalue weighted by molar-refractivity contribution is 5.83. The number of benzene rings is 2. The Balaban J connectivity index is 1.67. The van der Waals surface area contributed by atoms with E-state index in [-0.39, 0.29) is 23.7 Å². The van der Waals surface area contributed by atoms with Crippen LogP contribution >= 0.6 is 0 Å². The van der Waals surface area contributed by atoms with Crippen LogP contribution in [-0.4, -0.2) is 15.9 Å². The molecule has 3 aromatic rings. The second-order valence-electron chi connectivity index (χ2n) is 5.08. The summed E-state index contributed by atoms with van der Waals surface area (Å²) in [4.78, 5) is 11.8. The SMILES string of the molecule is N#Cc1c(F)cccc1-n1ccc(NC(=O)OCc2ccccc2)n1. The van der Waals surface area contributed by atoms with Crippen LogP contribution in [0, 0.1) is 17.1 Å². The van der Waals surface area contributed by atoms with Crippen LogP contribution in [-0.2, 0) is 11.3 Å². The molecule has 1 heterocycles. The van der Waals surface area contributed by atoms with Gasteiger partial charge in [-0.1, -0.05) is 36.4 Å². The maximum atomic E-state index is 13.7. The molecular formula is C18H13FN4O2. The lowest BCUT2D eigenvalue weighted by Gasteiger charge is -2.06. The van der Waals surface area contributed by atoms with Gasteiger partial charge in [0.2, 0.25) is 0 Å². The molecule has 25 heavy (non-hydrogen) atoms. The molecule has 1 aromatic heterocycles. The van der Waals surface area contributed by atoms with E-state index in [9.17, 15) is 9.18 Å². The van der Waals surface area contributed by atoms with Crippen molar-refractivity contribution in [2.75, 3.05) is 5.32 Å². The largest absolute Gasteiger partial charge is 0.444 e. The van der Waals surface area contributed by atoms with E-state index in [1.54, 1.807) is 12.1 Å². The quantitative estimate of drug-likeness (QED) is 0.789. The monoisotopic (exact) mass is 336 g/mol. The van der Waals surface area contributed by atoms with E-state index >= 15 is 0 Å². The Morgan fingerprint density at radius 1 is 1.20 bits per heavy atom. The van der Waals surface area contributed by atoms with Gasteiger partial charge in [-0.15, -0.1) is 5.10 Å². The highest BCUT2D eigenvalue weighted by atomic mass is 19.1. The minimum atomic E-state index is -0.658. The number of ether oxygens (including phenoxy) is 1. The third-order valence-electron chi connectivity index (χ3n) is 3.38. The van der Waals surface area contributed by atoms with Crippen molar-refractivity contribution in [3.63, 3.8) is 0 Å². The summed E-state index contributed by atoms with van der Waals surface area (Å²) in [6.07, 6.45) is 0.858. The summed E-state index contributed by atoms with van der Waals surface area (Å²) in [6, 6.07) is 16.8. The minimum absolute atomic E-state index is 0.121. The number of carbonyl (C=O) groups excluding carboxylic acids is 1. The molecule has 0 aliphatic rings. The Hall–Kier alpha value is -3.66. The average molecular weight is 336 g/mol. The van der Waals surface area contributed by atoms with Gasteiger partial charge in [-0.05, 0) is 17.7 Å². The number of rotatable bonds is 4. The molecular weight excluding hydrogens is 323 g/mol. The molecule has 1 N–H and O–H groups in total. The number of anilines is 1. The van der Waals surface area contributed by atoms with Gasteiger partial charge in [0, 0.05) is 12.3 Å². The first-order chi connectivity index (χ1) is 12.2. The van der Waals surface area contributed by atoms with Gasteiger partial charge >= 0.3 is 6.09 Å². The Labute approximate surface area is 143 Å². The lowest BCUT2D eigenvalue weighted by atomic mass is 10.2. The van der Waals surface area contributed by atoms with Crippen molar-refractivity contribution in [1.82, 2.24) is 9.78 Å². The standard InChI is InChI=1S/C18H13FN4O2/c19-15-7-4-8-16(14(15)11-20)23-10-9-17(22-23)21-18(24)25-12-13-5-2-1-3-6-13/h1-10H,12H2,(H,21,22,24). The summed E-state index contributed by atoms with van der Waals surface area (Å²) < 4.78 is 20.1. The zero-order chi connectivity index (χ0) is 17.6. The molecule has 0 radical (unpaired) electrons. The van der Waals surface area contributed by atoms with Crippen molar-refractivity contribution >= 4 is 11.9 Å². The summed E-state index contributed by atoms with van der Waals surface area (Å²) >= 11 is 0. The molecule has 6 nitrogen and oxygen atoms in total. The maximum Gasteiger partial charge on any atom is 0.413 e. The first kappa shape index (κ1) is 16.2. The number of carbonyl (C=O) groups is 1. The summed E-state index contributed by atoms with van der Waals surface area (Å²) in [6.45, 7) is 0.135. The van der Waals surface area contributed by atoms with Gasteiger partial charge in [0.05, 0.1) is 5.69 Å². The van der Waals surface area contributed by atoms with Gasteiger partial charge in [-0.2, -0.15) is 5.26 Å². The van der Waals surface area contributed by atoms with Gasteiger partial charge in [0.1, 0.15) is 24.1 Å². The van der Waals surface area contributed by atoms with Crippen LogP contribution in [0.5, 0.6) is 0 Å². The Kier molecular flexibility index (Phi) is 4.72. The molecule has 0 atom stereocenters. The first-order valence-electron chi connectivity index (χ1n) is 7.40. The third-order valence-corrected chi connectivity index (χ3v) is 3.38. The van der Waals surface area contributed by atoms with Crippen molar-refractivity contribution in [2.24, 2.45) is 0 Å². The van der Waals surface area contributed by atoms with Crippen molar-refractivity contribution in [3.8, 4) is 11.8 Å². The number of nitrogens with zero attached hydrogens (tertiary/aromatic N) is 3. The molecule has 0 spiro atoms. The van der Waals surface area contributed by atoms with E-state index in [2.05, 4.69) is 10.4 Å². The second kappa shape index (κ2) is 7.27. The fourth-order valence-electron chi connectivity index (χ4n) is 2.20. The van der Waals surface area contributed by atoms with E-state index < -0.39 is 11.9 Å². The summed E-state index contributed by atoms with van der Waals surface area (Å²) in [5, 5.41) is 15.7. The molecule has 0 saturated heterocycles. The van der Waals surface area contributed by atoms with Crippen LogP contribution in [0.2, 0.25) is 0 Å². The van der Waals surface area contributed by atoms with E-state index in [1.165, 1.54) is 29.1 Å². The van der Waals surface area contributed by atoms with E-state index in [0.29, 0.717) is 0 Å². The Morgan fingerprint density at radius 3 is 2.76 bits per heavy atom. The highest BCUT2D eigenvalue weighted by Gasteiger charge is 2.12. The first-order valence-corrected chi connectivity index (χ1v) is 7.40. The van der Waals surface area contributed by atoms with Crippen molar-refractivity contribution in [1.29, 1.82) is 5.26 Å². The van der Waals surface area contributed by atoms with Crippen LogP contribution in [0.4, 0.5) is 15.0 Å². The zero-order valence-electron chi connectivity index (χ0n) is 13.0. The summed E-state index contributed by atoms with van der Waals surface area (Å²) in [5.74, 6) is -0.404. The lowest BCUT2D eigenvalue weighted by molar-refractivity contribution is 0.155. The number of hydrogen-bond acceptors (Lipinski definition) is 4. The van der Waals surface area contributed by atoms with E-state index in [4.69, 9.17) is 10.00 Å². The van der Waals surface area contributed by atoms with Crippen LogP contribution in [0.3, 0.4) is 0 Å². The lowest BCUT2D eigenvalue weighted by Crippen LogP contribution is -2.14. The molecule has 0 aliphatic carbocycles. The molecule has 2 aromatic carbocycles. The van der Waals surface area contributed by atoms with Crippen molar-refractivity contribution < 1.29 is 13.9 Å². The number of amides is 1. The zero-order valence-corrected chi connectivity index (χ0v) is 13.0. The van der Waals surface area contributed by atoms with Crippen molar-refractivity contribution in [3.05, 3.63) is 77.7 Å². The number of aromatic nitrogens is 2. The predicted octanol–water partition coefficient (Wildman–Crippen LogP) is 3.63. The Bertz CT molecular complexity index is 932. The fraction of sp³-hybridized carbons (Fsp3) is 0.0556. The number of hydrogen-bond donors (Lipinski definition) is 1. The second-order valence-corrected chi connectivity index (χ2v) is 5.08. The topological polar surface area (TPSA) is 79.9 Å². The predicted molar refractivity (Wildman–Crippen MR) is 88.5 cm³/mol. The highest BCUT2D eigenvalue weighted by Crippen LogP contribution is 2.18. The normalized spacial score (nSPS) is 10.1. The molecule has 0 bridgehead atoms. The summed E-state index contributed by atoms with van der Waals surface area (Å²) in [7, 11) is 0. The Morgan fingerprint density at radius 2 is 2.00 bits per heavy atom. The molecule has 0 fully saturated rings. The van der Waals surface area contributed by atoms with Crippen LogP contribution in [0.1, 0.15) is 11.1 Å².